The molecule has 0 spiro atoms. The first-order valence-electron chi connectivity index (χ1n) is 14.4. The zero-order valence-electron chi connectivity index (χ0n) is 24.6. The molecule has 2 aromatic carbocycles. The maximum absolute atomic E-state index is 14.4. The molecule has 6 N–H and O–H groups in total. The van der Waals surface area contributed by atoms with Crippen LogP contribution < -0.4 is 16.4 Å². The number of pyridine rings is 1. The van der Waals surface area contributed by atoms with Crippen LogP contribution in [0.3, 0.4) is 0 Å². The van der Waals surface area contributed by atoms with Gasteiger partial charge in [-0.3, -0.25) is 9.59 Å². The molecule has 0 radical (unpaired) electrons. The molecule has 0 saturated heterocycles. The number of nitrogens with zero attached hydrogens (tertiary/aromatic N) is 5. The van der Waals surface area contributed by atoms with Crippen LogP contribution in [0.4, 0.5) is 16.0 Å². The Hall–Kier alpha value is -5.76. The van der Waals surface area contributed by atoms with Crippen LogP contribution in [0.5, 0.6) is 0 Å². The second-order valence-corrected chi connectivity index (χ2v) is 11.0. The molecule has 0 unspecified atom stereocenters. The van der Waals surface area contributed by atoms with E-state index in [-0.39, 0.29) is 42.2 Å². The number of aliphatic hydroxyl groups is 1. The van der Waals surface area contributed by atoms with Crippen molar-refractivity contribution < 1.29 is 29.0 Å². The van der Waals surface area contributed by atoms with E-state index in [1.807, 2.05) is 0 Å². The number of amides is 2. The van der Waals surface area contributed by atoms with E-state index < -0.39 is 29.9 Å². The van der Waals surface area contributed by atoms with Gasteiger partial charge < -0.3 is 26.6 Å². The summed E-state index contributed by atoms with van der Waals surface area (Å²) < 4.78 is 16.0. The maximum Gasteiger partial charge on any atom is 0.328 e. The van der Waals surface area contributed by atoms with Crippen molar-refractivity contribution in [1.82, 2.24) is 30.0 Å². The lowest BCUT2D eigenvalue weighted by Crippen LogP contribution is -2.43. The summed E-state index contributed by atoms with van der Waals surface area (Å²) in [6.07, 6.45) is 1.93. The van der Waals surface area contributed by atoms with Crippen molar-refractivity contribution in [2.24, 2.45) is 0 Å². The molecule has 0 aliphatic carbocycles. The number of benzene rings is 2. The number of carboxylic acid groups (broad SMARTS) is 1. The molecule has 14 heteroatoms. The molecule has 1 aliphatic heterocycles. The number of hydrogen-bond acceptors (Lipinski definition) is 9. The number of nitrogens with one attached hydrogen (secondary N) is 2. The molecule has 4 heterocycles. The van der Waals surface area contributed by atoms with Crippen LogP contribution in [-0.4, -0.2) is 65.4 Å². The Morgan fingerprint density at radius 2 is 1.87 bits per heavy atom. The fourth-order valence-electron chi connectivity index (χ4n) is 5.58. The van der Waals surface area contributed by atoms with Crippen LogP contribution in [-0.2, 0) is 32.8 Å². The minimum atomic E-state index is -1.37. The van der Waals surface area contributed by atoms with E-state index >= 15 is 0 Å². The minimum absolute atomic E-state index is 0.00747. The molecule has 6 rings (SSSR count). The molecule has 46 heavy (non-hydrogen) atoms. The van der Waals surface area contributed by atoms with Gasteiger partial charge in [0.1, 0.15) is 34.6 Å². The summed E-state index contributed by atoms with van der Waals surface area (Å²) in [5, 5.41) is 28.5. The van der Waals surface area contributed by atoms with Gasteiger partial charge in [-0.25, -0.2) is 28.8 Å². The Labute approximate surface area is 261 Å². The summed E-state index contributed by atoms with van der Waals surface area (Å²) in [4.78, 5) is 50.3. The van der Waals surface area contributed by atoms with Gasteiger partial charge in [0.25, 0.3) is 0 Å². The number of aliphatic hydroxyl groups excluding tert-OH is 1. The highest BCUT2D eigenvalue weighted by Gasteiger charge is 2.47. The highest BCUT2D eigenvalue weighted by atomic mass is 19.1. The number of anilines is 2. The summed E-state index contributed by atoms with van der Waals surface area (Å²) in [6, 6.07) is 15.6. The van der Waals surface area contributed by atoms with E-state index in [2.05, 4.69) is 30.7 Å². The number of carbonyl (C=O) groups is 3. The first kappa shape index (κ1) is 30.3. The number of hydrogen-bond donors (Lipinski definition) is 5. The van der Waals surface area contributed by atoms with Gasteiger partial charge in [0.05, 0.1) is 24.1 Å². The summed E-state index contributed by atoms with van der Waals surface area (Å²) >= 11 is 0. The van der Waals surface area contributed by atoms with Gasteiger partial charge in [0.2, 0.25) is 11.8 Å². The van der Waals surface area contributed by atoms with E-state index in [9.17, 15) is 18.8 Å². The van der Waals surface area contributed by atoms with Crippen LogP contribution in [0.1, 0.15) is 35.6 Å². The Balaban J connectivity index is 1.28. The Kier molecular flexibility index (Phi) is 7.88. The van der Waals surface area contributed by atoms with Crippen LogP contribution in [0, 0.1) is 5.82 Å². The number of aromatic nitrogens is 5. The van der Waals surface area contributed by atoms with E-state index in [0.717, 1.165) is 5.56 Å². The van der Waals surface area contributed by atoms with Crippen molar-refractivity contribution in [2.75, 3.05) is 17.7 Å². The number of nitrogens with two attached hydrogens (primary N) is 1. The molecule has 2 amide bonds. The van der Waals surface area contributed by atoms with E-state index in [4.69, 9.17) is 15.9 Å². The molecule has 0 fully saturated rings. The van der Waals surface area contributed by atoms with E-state index in [1.165, 1.54) is 6.07 Å². The summed E-state index contributed by atoms with van der Waals surface area (Å²) in [7, 11) is 0. The zero-order valence-corrected chi connectivity index (χ0v) is 24.6. The number of carboxylic acids is 1. The topological polar surface area (TPSA) is 198 Å². The number of halogens is 1. The van der Waals surface area contributed by atoms with Crippen molar-refractivity contribution >= 4 is 40.5 Å². The van der Waals surface area contributed by atoms with Gasteiger partial charge >= 0.3 is 5.97 Å². The van der Waals surface area contributed by atoms with Gasteiger partial charge in [-0.1, -0.05) is 42.5 Å². The van der Waals surface area contributed by atoms with Crippen LogP contribution in [0.15, 0.2) is 66.9 Å². The monoisotopic (exact) mass is 624 g/mol. The lowest BCUT2D eigenvalue weighted by molar-refractivity contribution is -0.142. The lowest BCUT2D eigenvalue weighted by Gasteiger charge is -2.23. The molecular weight excluding hydrogens is 595 g/mol. The lowest BCUT2D eigenvalue weighted by atomic mass is 9.77. The normalized spacial score (nSPS) is 16.2. The van der Waals surface area contributed by atoms with Crippen molar-refractivity contribution in [3.05, 3.63) is 94.9 Å². The smallest absolute Gasteiger partial charge is 0.328 e. The second-order valence-electron chi connectivity index (χ2n) is 11.0. The van der Waals surface area contributed by atoms with Crippen molar-refractivity contribution in [3.8, 4) is 11.5 Å². The summed E-state index contributed by atoms with van der Waals surface area (Å²) in [5.74, 6) is -2.05. The van der Waals surface area contributed by atoms with Crippen LogP contribution >= 0.6 is 0 Å². The zero-order chi connectivity index (χ0) is 32.6. The Morgan fingerprint density at radius 1 is 1.11 bits per heavy atom. The highest BCUT2D eigenvalue weighted by Crippen LogP contribution is 2.45. The first-order chi connectivity index (χ1) is 22.1. The number of aliphatic carboxylic acids is 1. The Morgan fingerprint density at radius 3 is 2.59 bits per heavy atom. The van der Waals surface area contributed by atoms with Crippen molar-refractivity contribution in [2.45, 2.75) is 37.8 Å². The predicted molar refractivity (Wildman–Crippen MR) is 165 cm³/mol. The molecule has 13 nitrogen and oxygen atoms in total. The molecule has 3 aromatic heterocycles. The standard InChI is InChI=1S/C32H29FN8O5/c1-32(19-11-8-17(9-12-19)10-13-23(43)36-22(16-42)30(44)45)24-26(34)37-28(38-27(24)39-31(32)46)25-20-6-4-14-35-29(20)41(40-25)15-18-5-2-3-7-21(18)33/h2-9,11-12,14,22,42H,10,13,15-16H2,1H3,(H,36,43)(H,44,45)(H3,34,37,38,39,46)/t22-,32+/m1/s1. The SMILES string of the molecule is C[C@@]1(c2ccc(CCC(=O)N[C@H](CO)C(=O)O)cc2)C(=O)Nc2nc(-c3nn(Cc4ccccc4F)c4ncccc34)nc(N)c21. The number of rotatable bonds is 10. The summed E-state index contributed by atoms with van der Waals surface area (Å²) in [6.45, 7) is 1.14. The van der Waals surface area contributed by atoms with Gasteiger partial charge in [-0.15, -0.1) is 0 Å². The van der Waals surface area contributed by atoms with Gasteiger partial charge in [0, 0.05) is 18.2 Å². The molecule has 0 saturated carbocycles. The molecule has 5 aromatic rings. The highest BCUT2D eigenvalue weighted by molar-refractivity contribution is 6.09. The van der Waals surface area contributed by atoms with Gasteiger partial charge in [-0.05, 0) is 42.7 Å². The third-order valence-electron chi connectivity index (χ3n) is 8.11. The van der Waals surface area contributed by atoms with Gasteiger partial charge in [0.15, 0.2) is 11.5 Å². The average molecular weight is 625 g/mol. The number of aryl methyl sites for hydroxylation is 1. The molecule has 234 valence electrons. The number of carbonyl (C=O) groups excluding carboxylic acids is 2. The fraction of sp³-hybridized carbons (Fsp3) is 0.219. The first-order valence-corrected chi connectivity index (χ1v) is 14.4. The summed E-state index contributed by atoms with van der Waals surface area (Å²) in [5.41, 5.74) is 8.41. The number of nitrogen functional groups attached to an aromatic ring is 1. The molecular formula is C32H29FN8O5. The predicted octanol–water partition coefficient (Wildman–Crippen LogP) is 2.41. The molecule has 1 aliphatic rings. The fourth-order valence-corrected chi connectivity index (χ4v) is 5.58. The van der Waals surface area contributed by atoms with E-state index in [0.29, 0.717) is 39.8 Å². The molecule has 0 bridgehead atoms. The molecule has 2 atom stereocenters. The Bertz CT molecular complexity index is 2000. The maximum atomic E-state index is 14.4. The van der Waals surface area contributed by atoms with Crippen LogP contribution in [0.25, 0.3) is 22.6 Å². The number of fused-ring (bicyclic) bond motifs is 2. The minimum Gasteiger partial charge on any atom is -0.480 e. The largest absolute Gasteiger partial charge is 0.480 e. The van der Waals surface area contributed by atoms with Crippen LogP contribution in [0.2, 0.25) is 0 Å². The van der Waals surface area contributed by atoms with Crippen molar-refractivity contribution in [1.29, 1.82) is 0 Å². The quantitative estimate of drug-likeness (QED) is 0.154. The van der Waals surface area contributed by atoms with Gasteiger partial charge in [-0.2, -0.15) is 5.10 Å². The van der Waals surface area contributed by atoms with E-state index in [1.54, 1.807) is 72.4 Å². The third-order valence-corrected chi connectivity index (χ3v) is 8.11. The average Bonchev–Trinajstić information content (AvgIpc) is 3.54. The van der Waals surface area contributed by atoms with Crippen molar-refractivity contribution in [3.63, 3.8) is 0 Å². The third kappa shape index (κ3) is 5.38. The second kappa shape index (κ2) is 12.0.